The van der Waals surface area contributed by atoms with Crippen LogP contribution in [0.1, 0.15) is 16.7 Å². The highest BCUT2D eigenvalue weighted by Gasteiger charge is 2.09. The van der Waals surface area contributed by atoms with Gasteiger partial charge in [-0.15, -0.1) is 0 Å². The van der Waals surface area contributed by atoms with Crippen molar-refractivity contribution in [1.29, 1.82) is 0 Å². The standard InChI is InChI=1S/C15H13Cl2NOS/c1-8-5-10(16)6-9(2)14(8)19-11-3-4-12(15(18)20)13(17)7-11/h3-7H,1-2H3,(H2,18,20). The lowest BCUT2D eigenvalue weighted by Crippen LogP contribution is -2.09. The van der Waals surface area contributed by atoms with E-state index in [1.54, 1.807) is 18.2 Å². The molecule has 0 aromatic heterocycles. The molecule has 104 valence electrons. The van der Waals surface area contributed by atoms with Crippen molar-refractivity contribution in [2.75, 3.05) is 0 Å². The summed E-state index contributed by atoms with van der Waals surface area (Å²) in [6.45, 7) is 3.89. The molecule has 0 aliphatic carbocycles. The Hall–Kier alpha value is -1.29. The van der Waals surface area contributed by atoms with Crippen molar-refractivity contribution >= 4 is 40.4 Å². The van der Waals surface area contributed by atoms with Gasteiger partial charge in [0.1, 0.15) is 16.5 Å². The summed E-state index contributed by atoms with van der Waals surface area (Å²) >= 11 is 17.0. The van der Waals surface area contributed by atoms with Crippen LogP contribution in [0.3, 0.4) is 0 Å². The van der Waals surface area contributed by atoms with Crippen molar-refractivity contribution in [3.05, 3.63) is 57.1 Å². The number of benzene rings is 2. The third kappa shape index (κ3) is 3.23. The first kappa shape index (κ1) is 15.1. The predicted molar refractivity (Wildman–Crippen MR) is 88.3 cm³/mol. The van der Waals surface area contributed by atoms with Gasteiger partial charge in [-0.1, -0.05) is 35.4 Å². The van der Waals surface area contributed by atoms with Crippen LogP contribution in [0.4, 0.5) is 0 Å². The van der Waals surface area contributed by atoms with E-state index < -0.39 is 0 Å². The van der Waals surface area contributed by atoms with Gasteiger partial charge in [-0.25, -0.2) is 0 Å². The minimum atomic E-state index is 0.264. The topological polar surface area (TPSA) is 35.2 Å². The van der Waals surface area contributed by atoms with E-state index in [9.17, 15) is 0 Å². The second-order valence-electron chi connectivity index (χ2n) is 4.48. The maximum atomic E-state index is 6.13. The molecule has 2 aromatic carbocycles. The molecule has 0 amide bonds. The van der Waals surface area contributed by atoms with Crippen molar-refractivity contribution in [2.24, 2.45) is 5.73 Å². The Bertz CT molecular complexity index is 663. The fraction of sp³-hybridized carbons (Fsp3) is 0.133. The van der Waals surface area contributed by atoms with E-state index in [0.29, 0.717) is 21.4 Å². The van der Waals surface area contributed by atoms with Crippen LogP contribution in [0, 0.1) is 13.8 Å². The van der Waals surface area contributed by atoms with E-state index >= 15 is 0 Å². The number of rotatable bonds is 3. The normalized spacial score (nSPS) is 10.4. The molecule has 0 aliphatic heterocycles. The Balaban J connectivity index is 2.36. The molecule has 2 N–H and O–H groups in total. The summed E-state index contributed by atoms with van der Waals surface area (Å²) in [6, 6.07) is 8.95. The molecule has 0 heterocycles. The monoisotopic (exact) mass is 325 g/mol. The fourth-order valence-electron chi connectivity index (χ4n) is 1.94. The van der Waals surface area contributed by atoms with Gasteiger partial charge in [0.15, 0.2) is 0 Å². The summed E-state index contributed by atoms with van der Waals surface area (Å²) in [4.78, 5) is 0.264. The van der Waals surface area contributed by atoms with Crippen LogP contribution >= 0.6 is 35.4 Å². The van der Waals surface area contributed by atoms with E-state index in [4.69, 9.17) is 45.9 Å². The lowest BCUT2D eigenvalue weighted by Gasteiger charge is -2.13. The smallest absolute Gasteiger partial charge is 0.133 e. The Labute approximate surface area is 133 Å². The maximum Gasteiger partial charge on any atom is 0.133 e. The molecule has 0 radical (unpaired) electrons. The number of hydrogen-bond donors (Lipinski definition) is 1. The molecule has 0 bridgehead atoms. The Morgan fingerprint density at radius 3 is 2.20 bits per heavy atom. The van der Waals surface area contributed by atoms with Gasteiger partial charge in [0.25, 0.3) is 0 Å². The minimum absolute atomic E-state index is 0.264. The Kier molecular flexibility index (Phi) is 4.53. The van der Waals surface area contributed by atoms with Gasteiger partial charge in [0.2, 0.25) is 0 Å². The summed E-state index contributed by atoms with van der Waals surface area (Å²) in [5, 5.41) is 1.16. The highest BCUT2D eigenvalue weighted by atomic mass is 35.5. The summed E-state index contributed by atoms with van der Waals surface area (Å²) in [6.07, 6.45) is 0. The number of halogens is 2. The first-order valence-corrected chi connectivity index (χ1v) is 7.09. The number of hydrogen-bond acceptors (Lipinski definition) is 2. The zero-order chi connectivity index (χ0) is 14.9. The van der Waals surface area contributed by atoms with Gasteiger partial charge in [0.05, 0.1) is 5.02 Å². The van der Waals surface area contributed by atoms with Crippen LogP contribution in [-0.2, 0) is 0 Å². The predicted octanol–water partition coefficient (Wildman–Crippen LogP) is 5.04. The second-order valence-corrected chi connectivity index (χ2v) is 5.76. The lowest BCUT2D eigenvalue weighted by molar-refractivity contribution is 0.475. The van der Waals surface area contributed by atoms with Crippen molar-refractivity contribution < 1.29 is 4.74 Å². The number of nitrogens with two attached hydrogens (primary N) is 1. The van der Waals surface area contributed by atoms with Crippen LogP contribution in [-0.4, -0.2) is 4.99 Å². The molecular weight excluding hydrogens is 313 g/mol. The summed E-state index contributed by atoms with van der Waals surface area (Å²) in [5.74, 6) is 1.40. The zero-order valence-corrected chi connectivity index (χ0v) is 13.4. The third-order valence-electron chi connectivity index (χ3n) is 2.85. The summed E-state index contributed by atoms with van der Waals surface area (Å²) < 4.78 is 5.88. The minimum Gasteiger partial charge on any atom is -0.457 e. The van der Waals surface area contributed by atoms with E-state index in [1.807, 2.05) is 26.0 Å². The molecule has 2 rings (SSSR count). The SMILES string of the molecule is Cc1cc(Cl)cc(C)c1Oc1ccc(C(N)=S)c(Cl)c1. The van der Waals surface area contributed by atoms with E-state index in [2.05, 4.69) is 0 Å². The van der Waals surface area contributed by atoms with Crippen LogP contribution < -0.4 is 10.5 Å². The molecule has 2 aromatic rings. The maximum absolute atomic E-state index is 6.13. The first-order chi connectivity index (χ1) is 9.38. The van der Waals surface area contributed by atoms with Crippen LogP contribution in [0.5, 0.6) is 11.5 Å². The molecule has 20 heavy (non-hydrogen) atoms. The number of aryl methyl sites for hydroxylation is 2. The first-order valence-electron chi connectivity index (χ1n) is 5.92. The Morgan fingerprint density at radius 2 is 1.70 bits per heavy atom. The molecule has 0 saturated heterocycles. The van der Waals surface area contributed by atoms with Gasteiger partial charge < -0.3 is 10.5 Å². The van der Waals surface area contributed by atoms with Crippen molar-refractivity contribution in [3.8, 4) is 11.5 Å². The zero-order valence-electron chi connectivity index (χ0n) is 11.0. The van der Waals surface area contributed by atoms with Gasteiger partial charge in [0, 0.05) is 16.7 Å². The Morgan fingerprint density at radius 1 is 1.10 bits per heavy atom. The van der Waals surface area contributed by atoms with Gasteiger partial charge in [-0.2, -0.15) is 0 Å². The molecule has 2 nitrogen and oxygen atoms in total. The van der Waals surface area contributed by atoms with E-state index in [0.717, 1.165) is 16.9 Å². The molecule has 0 spiro atoms. The quantitative estimate of drug-likeness (QED) is 0.803. The van der Waals surface area contributed by atoms with Crippen molar-refractivity contribution in [2.45, 2.75) is 13.8 Å². The lowest BCUT2D eigenvalue weighted by atomic mass is 10.1. The molecule has 0 atom stereocenters. The van der Waals surface area contributed by atoms with E-state index in [1.165, 1.54) is 0 Å². The van der Waals surface area contributed by atoms with Crippen molar-refractivity contribution in [3.63, 3.8) is 0 Å². The van der Waals surface area contributed by atoms with Crippen molar-refractivity contribution in [1.82, 2.24) is 0 Å². The molecular formula is C15H13Cl2NOS. The summed E-state index contributed by atoms with van der Waals surface area (Å²) in [7, 11) is 0. The van der Waals surface area contributed by atoms with Gasteiger partial charge >= 0.3 is 0 Å². The second kappa shape index (κ2) is 6.00. The third-order valence-corrected chi connectivity index (χ3v) is 3.60. The summed E-state index contributed by atoms with van der Waals surface area (Å²) in [5.41, 5.74) is 8.14. The highest BCUT2D eigenvalue weighted by Crippen LogP contribution is 2.33. The average molecular weight is 326 g/mol. The molecule has 0 aliphatic rings. The van der Waals surface area contributed by atoms with Gasteiger partial charge in [-0.05, 0) is 49.2 Å². The fourth-order valence-corrected chi connectivity index (χ4v) is 2.77. The average Bonchev–Trinajstić information content (AvgIpc) is 2.33. The largest absolute Gasteiger partial charge is 0.457 e. The highest BCUT2D eigenvalue weighted by molar-refractivity contribution is 7.80. The molecule has 5 heteroatoms. The van der Waals surface area contributed by atoms with E-state index in [-0.39, 0.29) is 4.99 Å². The van der Waals surface area contributed by atoms with Crippen LogP contribution in [0.15, 0.2) is 30.3 Å². The molecule has 0 fully saturated rings. The van der Waals surface area contributed by atoms with Gasteiger partial charge in [-0.3, -0.25) is 0 Å². The molecule has 0 saturated carbocycles. The molecule has 0 unspecified atom stereocenters. The number of thiocarbonyl (C=S) groups is 1. The van der Waals surface area contributed by atoms with Crippen LogP contribution in [0.25, 0.3) is 0 Å². The number of ether oxygens (including phenoxy) is 1. The van der Waals surface area contributed by atoms with Crippen LogP contribution in [0.2, 0.25) is 10.0 Å².